The van der Waals surface area contributed by atoms with Crippen molar-refractivity contribution in [2.24, 2.45) is 0 Å². The molecular formula is C42H85FNO7P2+. The second kappa shape index (κ2) is 36.1. The normalized spacial score (nSPS) is 14.9. The van der Waals surface area contributed by atoms with Crippen molar-refractivity contribution >= 4 is 15.5 Å². The molecule has 0 fully saturated rings. The van der Waals surface area contributed by atoms with E-state index in [2.05, 4.69) is 12.8 Å². The fourth-order valence-corrected chi connectivity index (χ4v) is 8.31. The van der Waals surface area contributed by atoms with E-state index in [0.717, 1.165) is 51.4 Å². The Kier molecular flexibility index (Phi) is 35.9. The molecule has 0 aromatic rings. The summed E-state index contributed by atoms with van der Waals surface area (Å²) in [5.41, 5.74) is 0. The summed E-state index contributed by atoms with van der Waals surface area (Å²) in [7, 11) is -2.99. The van der Waals surface area contributed by atoms with Crippen LogP contribution < -0.4 is 0 Å². The number of likely N-dealkylation sites (N-methyl/N-ethyl adjacent to an activating group) is 1. The maximum atomic E-state index is 15.1. The first-order chi connectivity index (χ1) is 25.4. The van der Waals surface area contributed by atoms with Gasteiger partial charge in [-0.1, -0.05) is 167 Å². The minimum absolute atomic E-state index is 0.0225. The molecule has 0 rings (SSSR count). The average Bonchev–Trinajstić information content (AvgIpc) is 3.09. The Morgan fingerprint density at radius 1 is 0.604 bits per heavy atom. The zero-order chi connectivity index (χ0) is 39.4. The van der Waals surface area contributed by atoms with Crippen LogP contribution in [0.4, 0.5) is 4.20 Å². The number of ether oxygens (including phenoxy) is 1. The second-order valence-corrected chi connectivity index (χ2v) is 19.5. The predicted octanol–water partition coefficient (Wildman–Crippen LogP) is 13.4. The van der Waals surface area contributed by atoms with E-state index in [1.807, 2.05) is 21.1 Å². The van der Waals surface area contributed by atoms with E-state index in [1.165, 1.54) is 128 Å². The Hall–Kier alpha value is -0.290. The fourth-order valence-electron chi connectivity index (χ4n) is 6.29. The summed E-state index contributed by atoms with van der Waals surface area (Å²) in [6.07, 6.45) is 38.5. The number of terminal acetylenes is 1. The van der Waals surface area contributed by atoms with Gasteiger partial charge in [0.15, 0.2) is 0 Å². The molecule has 0 bridgehead atoms. The Morgan fingerprint density at radius 2 is 1.02 bits per heavy atom. The van der Waals surface area contributed by atoms with E-state index in [1.54, 1.807) is 0 Å². The van der Waals surface area contributed by atoms with Gasteiger partial charge in [0.2, 0.25) is 0 Å². The highest BCUT2D eigenvalue weighted by molar-refractivity contribution is 7.53. The van der Waals surface area contributed by atoms with Gasteiger partial charge in [-0.05, 0) is 19.3 Å². The SMILES string of the molecule is C#CCCCCCCCCCCCCCCCCP(=O)(F)OC(COCCCCCCCCCCCCCCCC)COP(=O)(O)OCC[N+](C)(C)C. The van der Waals surface area contributed by atoms with Crippen molar-refractivity contribution in [3.05, 3.63) is 0 Å². The van der Waals surface area contributed by atoms with E-state index in [0.29, 0.717) is 24.1 Å². The number of unbranched alkanes of at least 4 members (excludes halogenated alkanes) is 27. The van der Waals surface area contributed by atoms with Crippen LogP contribution in [0.1, 0.15) is 193 Å². The minimum atomic E-state index is -4.44. The van der Waals surface area contributed by atoms with Crippen molar-refractivity contribution in [1.82, 2.24) is 0 Å². The molecule has 0 heterocycles. The monoisotopic (exact) mass is 797 g/mol. The third-order valence-corrected chi connectivity index (χ3v) is 12.1. The molecule has 0 aromatic carbocycles. The van der Waals surface area contributed by atoms with Crippen LogP contribution in [0.2, 0.25) is 0 Å². The standard InChI is InChI=1S/C42H84FNO7P2/c1-6-8-10-12-14-16-18-20-22-23-25-27-29-31-33-35-39-52(43,45)51-42(41-50-53(46,47)49-38-36-44(3,4)5)40-48-37-34-32-30-28-26-24-21-19-17-15-13-11-9-7-2/h1,42H,7-41H2,2-5H3/p+1. The van der Waals surface area contributed by atoms with Crippen LogP contribution in [-0.4, -0.2) is 75.8 Å². The Morgan fingerprint density at radius 3 is 1.45 bits per heavy atom. The lowest BCUT2D eigenvalue weighted by Gasteiger charge is -2.24. The Labute approximate surface area is 327 Å². The van der Waals surface area contributed by atoms with Gasteiger partial charge in [0.25, 0.3) is 0 Å². The summed E-state index contributed by atoms with van der Waals surface area (Å²) in [6, 6.07) is 0. The summed E-state index contributed by atoms with van der Waals surface area (Å²) in [5, 5.41) is 0. The van der Waals surface area contributed by atoms with Gasteiger partial charge in [-0.25, -0.2) is 4.57 Å². The van der Waals surface area contributed by atoms with E-state index < -0.39 is 28.2 Å². The van der Waals surface area contributed by atoms with E-state index in [-0.39, 0.29) is 19.4 Å². The number of phosphoric acid groups is 1. The number of phosphoric ester groups is 1. The number of hydrogen-bond donors (Lipinski definition) is 1. The summed E-state index contributed by atoms with van der Waals surface area (Å²) < 4.78 is 62.3. The number of rotatable bonds is 42. The van der Waals surface area contributed by atoms with Crippen LogP contribution >= 0.6 is 15.5 Å². The molecule has 0 saturated carbocycles. The van der Waals surface area contributed by atoms with Gasteiger partial charge in [-0.3, -0.25) is 18.1 Å². The van der Waals surface area contributed by atoms with Crippen LogP contribution in [0.25, 0.3) is 0 Å². The van der Waals surface area contributed by atoms with Crippen molar-refractivity contribution < 1.29 is 41.0 Å². The van der Waals surface area contributed by atoms with Gasteiger partial charge in [-0.2, -0.15) is 4.20 Å². The van der Waals surface area contributed by atoms with Crippen molar-refractivity contribution in [3.63, 3.8) is 0 Å². The van der Waals surface area contributed by atoms with E-state index in [4.69, 9.17) is 24.7 Å². The molecule has 316 valence electrons. The first kappa shape index (κ1) is 52.7. The molecule has 1 N–H and O–H groups in total. The predicted molar refractivity (Wildman–Crippen MR) is 222 cm³/mol. The topological polar surface area (TPSA) is 91.3 Å². The summed E-state index contributed by atoms with van der Waals surface area (Å²) >= 11 is 0. The molecule has 3 atom stereocenters. The smallest absolute Gasteiger partial charge is 0.379 e. The first-order valence-electron chi connectivity index (χ1n) is 21.8. The fraction of sp³-hybridized carbons (Fsp3) is 0.952. The molecule has 0 amide bonds. The summed E-state index contributed by atoms with van der Waals surface area (Å²) in [6.45, 7) is 2.72. The lowest BCUT2D eigenvalue weighted by atomic mass is 10.0. The van der Waals surface area contributed by atoms with Gasteiger partial charge in [-0.15, -0.1) is 12.3 Å². The molecule has 0 radical (unpaired) electrons. The number of hydrogen-bond acceptors (Lipinski definition) is 6. The highest BCUT2D eigenvalue weighted by Crippen LogP contribution is 2.51. The van der Waals surface area contributed by atoms with Gasteiger partial charge >= 0.3 is 15.5 Å². The van der Waals surface area contributed by atoms with Gasteiger partial charge in [0, 0.05) is 13.0 Å². The Bertz CT molecular complexity index is 943. The molecule has 8 nitrogen and oxygen atoms in total. The Balaban J connectivity index is 4.32. The summed E-state index contributed by atoms with van der Waals surface area (Å²) in [5.74, 6) is 2.70. The van der Waals surface area contributed by atoms with Crippen molar-refractivity contribution in [2.45, 2.75) is 199 Å². The molecule has 0 aliphatic heterocycles. The molecule has 0 aliphatic rings. The third kappa shape index (κ3) is 41.2. The lowest BCUT2D eigenvalue weighted by Crippen LogP contribution is -2.37. The zero-order valence-electron chi connectivity index (χ0n) is 35.0. The van der Waals surface area contributed by atoms with Gasteiger partial charge in [0.05, 0.1) is 40.5 Å². The van der Waals surface area contributed by atoms with Crippen LogP contribution in [0.3, 0.4) is 0 Å². The quantitative estimate of drug-likeness (QED) is 0.0285. The third-order valence-electron chi connectivity index (χ3n) is 9.69. The molecular weight excluding hydrogens is 711 g/mol. The lowest BCUT2D eigenvalue weighted by molar-refractivity contribution is -0.870. The number of quaternary nitrogens is 1. The number of nitrogens with zero attached hydrogens (tertiary/aromatic N) is 1. The molecule has 0 aromatic heterocycles. The summed E-state index contributed by atoms with van der Waals surface area (Å²) in [4.78, 5) is 10.2. The van der Waals surface area contributed by atoms with Crippen molar-refractivity contribution in [2.75, 3.05) is 60.3 Å². The van der Waals surface area contributed by atoms with E-state index in [9.17, 15) is 14.0 Å². The maximum absolute atomic E-state index is 15.1. The average molecular weight is 797 g/mol. The van der Waals surface area contributed by atoms with Crippen LogP contribution in [0, 0.1) is 12.3 Å². The minimum Gasteiger partial charge on any atom is -0.379 e. The largest absolute Gasteiger partial charge is 0.472 e. The van der Waals surface area contributed by atoms with Crippen LogP contribution in [0.5, 0.6) is 0 Å². The highest BCUT2D eigenvalue weighted by Gasteiger charge is 2.30. The van der Waals surface area contributed by atoms with Crippen molar-refractivity contribution in [3.8, 4) is 12.3 Å². The van der Waals surface area contributed by atoms with Crippen molar-refractivity contribution in [1.29, 1.82) is 0 Å². The molecule has 3 unspecified atom stereocenters. The van der Waals surface area contributed by atoms with Crippen LogP contribution in [0.15, 0.2) is 0 Å². The first-order valence-corrected chi connectivity index (χ1v) is 25.0. The van der Waals surface area contributed by atoms with Gasteiger partial charge < -0.3 is 14.1 Å². The maximum Gasteiger partial charge on any atom is 0.472 e. The van der Waals surface area contributed by atoms with Gasteiger partial charge in [0.1, 0.15) is 19.3 Å². The molecule has 53 heavy (non-hydrogen) atoms. The van der Waals surface area contributed by atoms with E-state index >= 15 is 4.20 Å². The molecule has 11 heteroatoms. The molecule has 0 aliphatic carbocycles. The van der Waals surface area contributed by atoms with Crippen LogP contribution in [-0.2, 0) is 27.4 Å². The molecule has 0 saturated heterocycles. The second-order valence-electron chi connectivity index (χ2n) is 16.2. The zero-order valence-corrected chi connectivity index (χ0v) is 36.8. The number of halogens is 1. The molecule has 0 spiro atoms. The highest BCUT2D eigenvalue weighted by atomic mass is 31.2.